The fourth-order valence-electron chi connectivity index (χ4n) is 2.82. The van der Waals surface area contributed by atoms with Gasteiger partial charge in [-0.3, -0.25) is 10.1 Å². The highest BCUT2D eigenvalue weighted by Gasteiger charge is 2.49. The predicted octanol–water partition coefficient (Wildman–Crippen LogP) is 1.65. The van der Waals surface area contributed by atoms with Crippen LogP contribution in [0.1, 0.15) is 46.0 Å². The molecule has 2 aliphatic rings. The number of carbonyl (C=O) groups is 1. The van der Waals surface area contributed by atoms with Crippen molar-refractivity contribution in [2.45, 2.75) is 63.6 Å². The molecular weight excluding hydrogens is 258 g/mol. The van der Waals surface area contributed by atoms with Gasteiger partial charge in [-0.1, -0.05) is 0 Å². The largest absolute Gasteiger partial charge is 0.465 e. The van der Waals surface area contributed by atoms with E-state index < -0.39 is 5.54 Å². The van der Waals surface area contributed by atoms with Crippen LogP contribution in [0.25, 0.3) is 0 Å². The highest BCUT2D eigenvalue weighted by molar-refractivity contribution is 5.81. The average molecular weight is 285 g/mol. The Kier molecular flexibility index (Phi) is 5.81. The summed E-state index contributed by atoms with van der Waals surface area (Å²) in [5, 5.41) is 3.50. The molecule has 2 rings (SSSR count). The lowest BCUT2D eigenvalue weighted by Gasteiger charge is -2.28. The first-order chi connectivity index (χ1) is 9.70. The van der Waals surface area contributed by atoms with E-state index in [0.29, 0.717) is 38.9 Å². The van der Waals surface area contributed by atoms with Crippen LogP contribution in [0.2, 0.25) is 0 Å². The Morgan fingerprint density at radius 3 is 2.65 bits per heavy atom. The van der Waals surface area contributed by atoms with Gasteiger partial charge in [-0.05, 0) is 39.5 Å². The molecule has 0 aliphatic heterocycles. The molecule has 5 heteroatoms. The first-order valence-corrected chi connectivity index (χ1v) is 7.84. The molecule has 1 N–H and O–H groups in total. The van der Waals surface area contributed by atoms with E-state index in [0.717, 1.165) is 25.7 Å². The van der Waals surface area contributed by atoms with E-state index in [2.05, 4.69) is 5.32 Å². The Balaban J connectivity index is 1.84. The molecular formula is C15H27NO4. The highest BCUT2D eigenvalue weighted by Crippen LogP contribution is 2.36. The molecule has 0 radical (unpaired) electrons. The van der Waals surface area contributed by atoms with E-state index in [1.54, 1.807) is 0 Å². The number of carbonyl (C=O) groups excluding carboxylic acids is 1. The first-order valence-electron chi connectivity index (χ1n) is 7.84. The van der Waals surface area contributed by atoms with Crippen LogP contribution < -0.4 is 5.32 Å². The molecule has 0 aromatic rings. The van der Waals surface area contributed by atoms with Crippen molar-refractivity contribution in [1.29, 1.82) is 0 Å². The van der Waals surface area contributed by atoms with Crippen LogP contribution in [0.15, 0.2) is 0 Å². The summed E-state index contributed by atoms with van der Waals surface area (Å²) in [6.07, 6.45) is 4.89. The number of hydrogen-bond donors (Lipinski definition) is 1. The predicted molar refractivity (Wildman–Crippen MR) is 75.6 cm³/mol. The summed E-state index contributed by atoms with van der Waals surface area (Å²) in [5.74, 6) is -0.109. The van der Waals surface area contributed by atoms with Crippen molar-refractivity contribution in [2.75, 3.05) is 26.4 Å². The van der Waals surface area contributed by atoms with Gasteiger partial charge in [-0.2, -0.15) is 0 Å². The highest BCUT2D eigenvalue weighted by atomic mass is 16.5. The maximum Gasteiger partial charge on any atom is 0.326 e. The Bertz CT molecular complexity index is 319. The Labute approximate surface area is 121 Å². The molecule has 2 saturated carbocycles. The molecule has 0 aromatic carbocycles. The minimum Gasteiger partial charge on any atom is -0.465 e. The standard InChI is InChI=1S/C15H27NO4/c1-3-18-9-10-20-13-7-8-15(11-13,14(17)19-4-2)16-12-5-6-12/h12-13,16H,3-11H2,1-2H3. The third-order valence-electron chi connectivity index (χ3n) is 3.98. The number of esters is 1. The molecule has 20 heavy (non-hydrogen) atoms. The van der Waals surface area contributed by atoms with Gasteiger partial charge in [0.1, 0.15) is 5.54 Å². The van der Waals surface area contributed by atoms with Gasteiger partial charge in [0.05, 0.1) is 25.9 Å². The first kappa shape index (κ1) is 15.7. The van der Waals surface area contributed by atoms with Gasteiger partial charge in [0.15, 0.2) is 0 Å². The normalized spacial score (nSPS) is 29.6. The number of nitrogens with one attached hydrogen (secondary N) is 1. The van der Waals surface area contributed by atoms with Gasteiger partial charge in [-0.25, -0.2) is 0 Å². The van der Waals surface area contributed by atoms with Gasteiger partial charge in [0, 0.05) is 19.1 Å². The van der Waals surface area contributed by atoms with Gasteiger partial charge in [0.2, 0.25) is 0 Å². The van der Waals surface area contributed by atoms with Gasteiger partial charge >= 0.3 is 5.97 Å². The Morgan fingerprint density at radius 2 is 2.00 bits per heavy atom. The maximum absolute atomic E-state index is 12.3. The lowest BCUT2D eigenvalue weighted by Crippen LogP contribution is -2.52. The third-order valence-corrected chi connectivity index (χ3v) is 3.98. The van der Waals surface area contributed by atoms with Gasteiger partial charge < -0.3 is 14.2 Å². The fraction of sp³-hybridized carbons (Fsp3) is 0.933. The lowest BCUT2D eigenvalue weighted by atomic mass is 9.97. The number of ether oxygens (including phenoxy) is 3. The van der Waals surface area contributed by atoms with Crippen LogP contribution in [0, 0.1) is 0 Å². The summed E-state index contributed by atoms with van der Waals surface area (Å²) in [5.41, 5.74) is -0.520. The smallest absolute Gasteiger partial charge is 0.326 e. The number of rotatable bonds is 9. The van der Waals surface area contributed by atoms with Crippen LogP contribution in [-0.2, 0) is 19.0 Å². The van der Waals surface area contributed by atoms with Crippen molar-refractivity contribution >= 4 is 5.97 Å². The van der Waals surface area contributed by atoms with E-state index in [4.69, 9.17) is 14.2 Å². The summed E-state index contributed by atoms with van der Waals surface area (Å²) < 4.78 is 16.4. The van der Waals surface area contributed by atoms with Crippen molar-refractivity contribution in [3.63, 3.8) is 0 Å². The molecule has 0 bridgehead atoms. The van der Waals surface area contributed by atoms with E-state index in [1.165, 1.54) is 0 Å². The second kappa shape index (κ2) is 7.38. The van der Waals surface area contributed by atoms with Crippen LogP contribution in [-0.4, -0.2) is 50.1 Å². The molecule has 0 spiro atoms. The van der Waals surface area contributed by atoms with Crippen molar-refractivity contribution < 1.29 is 19.0 Å². The van der Waals surface area contributed by atoms with Crippen LogP contribution in [0.5, 0.6) is 0 Å². The molecule has 0 aromatic heterocycles. The molecule has 2 unspecified atom stereocenters. The molecule has 5 nitrogen and oxygen atoms in total. The molecule has 2 atom stereocenters. The van der Waals surface area contributed by atoms with E-state index in [9.17, 15) is 4.79 Å². The topological polar surface area (TPSA) is 56.8 Å². The summed E-state index contributed by atoms with van der Waals surface area (Å²) in [4.78, 5) is 12.3. The summed E-state index contributed by atoms with van der Waals surface area (Å²) in [7, 11) is 0. The SMILES string of the molecule is CCOCCOC1CCC(NC2CC2)(C(=O)OCC)C1. The van der Waals surface area contributed by atoms with E-state index >= 15 is 0 Å². The zero-order chi connectivity index (χ0) is 14.4. The van der Waals surface area contributed by atoms with E-state index in [-0.39, 0.29) is 12.1 Å². The second-order valence-electron chi connectivity index (χ2n) is 5.65. The minimum absolute atomic E-state index is 0.109. The lowest BCUT2D eigenvalue weighted by molar-refractivity contribution is -0.151. The third kappa shape index (κ3) is 4.17. The molecule has 2 aliphatic carbocycles. The zero-order valence-corrected chi connectivity index (χ0v) is 12.7. The molecule has 0 heterocycles. The fourth-order valence-corrected chi connectivity index (χ4v) is 2.82. The van der Waals surface area contributed by atoms with E-state index in [1.807, 2.05) is 13.8 Å². The minimum atomic E-state index is -0.520. The number of hydrogen-bond acceptors (Lipinski definition) is 5. The quantitative estimate of drug-likeness (QED) is 0.515. The summed E-state index contributed by atoms with van der Waals surface area (Å²) in [6.45, 7) is 6.19. The van der Waals surface area contributed by atoms with Gasteiger partial charge in [-0.15, -0.1) is 0 Å². The van der Waals surface area contributed by atoms with Crippen molar-refractivity contribution in [3.05, 3.63) is 0 Å². The molecule has 2 fully saturated rings. The summed E-state index contributed by atoms with van der Waals surface area (Å²) in [6, 6.07) is 0.488. The van der Waals surface area contributed by atoms with Gasteiger partial charge in [0.25, 0.3) is 0 Å². The van der Waals surface area contributed by atoms with Crippen molar-refractivity contribution in [3.8, 4) is 0 Å². The van der Waals surface area contributed by atoms with Crippen molar-refractivity contribution in [1.82, 2.24) is 5.32 Å². The molecule has 116 valence electrons. The van der Waals surface area contributed by atoms with Crippen LogP contribution in [0.4, 0.5) is 0 Å². The van der Waals surface area contributed by atoms with Crippen LogP contribution >= 0.6 is 0 Å². The molecule has 0 saturated heterocycles. The maximum atomic E-state index is 12.3. The molecule has 0 amide bonds. The zero-order valence-electron chi connectivity index (χ0n) is 12.7. The second-order valence-corrected chi connectivity index (χ2v) is 5.65. The Hall–Kier alpha value is -0.650. The monoisotopic (exact) mass is 285 g/mol. The summed E-state index contributed by atoms with van der Waals surface area (Å²) >= 11 is 0. The Morgan fingerprint density at radius 1 is 1.20 bits per heavy atom. The van der Waals surface area contributed by atoms with Crippen LogP contribution in [0.3, 0.4) is 0 Å². The van der Waals surface area contributed by atoms with Crippen molar-refractivity contribution in [2.24, 2.45) is 0 Å². The average Bonchev–Trinajstić information content (AvgIpc) is 3.14.